The van der Waals surface area contributed by atoms with E-state index in [0.29, 0.717) is 0 Å². The third-order valence-corrected chi connectivity index (χ3v) is 9.24. The molecule has 0 amide bonds. The molecule has 29 heavy (non-hydrogen) atoms. The molecule has 0 aliphatic heterocycles. The average Bonchev–Trinajstić information content (AvgIpc) is 3.06. The zero-order chi connectivity index (χ0) is 21.3. The number of unbranched alkanes of at least 4 members (excludes halogenated alkanes) is 4. The second kappa shape index (κ2) is 11.3. The molecule has 0 aliphatic carbocycles. The summed E-state index contributed by atoms with van der Waals surface area (Å²) in [4.78, 5) is 0. The molecule has 0 bridgehead atoms. The number of aryl methyl sites for hydroxylation is 2. The lowest BCUT2D eigenvalue weighted by atomic mass is 10.1. The fourth-order valence-electron chi connectivity index (χ4n) is 3.69. The van der Waals surface area contributed by atoms with E-state index in [4.69, 9.17) is 0 Å². The molecule has 0 atom stereocenters. The van der Waals surface area contributed by atoms with E-state index in [1.807, 2.05) is 0 Å². The van der Waals surface area contributed by atoms with Gasteiger partial charge >= 0.3 is 0 Å². The lowest BCUT2D eigenvalue weighted by molar-refractivity contribution is -0.687. The van der Waals surface area contributed by atoms with Crippen molar-refractivity contribution in [3.8, 4) is 0 Å². The Kier molecular flexibility index (Phi) is 9.41. The number of hydrogen-bond donors (Lipinski definition) is 0. The second-order valence-electron chi connectivity index (χ2n) is 11.3. The minimum Gasteiger partial charge on any atom is -0.237 e. The molecule has 0 radical (unpaired) electrons. The van der Waals surface area contributed by atoms with Gasteiger partial charge in [0.2, 0.25) is 6.33 Å². The van der Waals surface area contributed by atoms with E-state index in [0.717, 1.165) is 13.1 Å². The van der Waals surface area contributed by atoms with Crippen LogP contribution in [0.2, 0.25) is 51.4 Å². The SMILES string of the molecule is C[Si](C)(C)CCCCCCCn1cc[n+](Cc2ccc(CC[Si](C)(C)C)cc2)c1. The van der Waals surface area contributed by atoms with Crippen LogP contribution in [0.1, 0.15) is 43.2 Å². The predicted molar refractivity (Wildman–Crippen MR) is 133 cm³/mol. The van der Waals surface area contributed by atoms with Gasteiger partial charge in [-0.3, -0.25) is 0 Å². The highest BCUT2D eigenvalue weighted by Gasteiger charge is 2.13. The van der Waals surface area contributed by atoms with Gasteiger partial charge in [-0.05, 0) is 30.4 Å². The summed E-state index contributed by atoms with van der Waals surface area (Å²) < 4.78 is 4.66. The molecule has 0 fully saturated rings. The lowest BCUT2D eigenvalue weighted by Gasteiger charge is -2.15. The van der Waals surface area contributed by atoms with Gasteiger partial charge in [-0.2, -0.15) is 0 Å². The van der Waals surface area contributed by atoms with Crippen LogP contribution in [0, 0.1) is 0 Å². The van der Waals surface area contributed by atoms with Gasteiger partial charge in [0, 0.05) is 16.1 Å². The molecule has 2 rings (SSSR count). The highest BCUT2D eigenvalue weighted by atomic mass is 28.3. The Balaban J connectivity index is 1.67. The molecule has 1 aromatic heterocycles. The Hall–Kier alpha value is -1.14. The van der Waals surface area contributed by atoms with E-state index < -0.39 is 16.1 Å². The van der Waals surface area contributed by atoms with E-state index in [-0.39, 0.29) is 0 Å². The predicted octanol–water partition coefficient (Wildman–Crippen LogP) is 6.99. The average molecular weight is 430 g/mol. The quantitative estimate of drug-likeness (QED) is 0.184. The molecule has 0 saturated heterocycles. The van der Waals surface area contributed by atoms with Gasteiger partial charge in [-0.25, -0.2) is 9.13 Å². The van der Waals surface area contributed by atoms with Gasteiger partial charge in [0.25, 0.3) is 0 Å². The summed E-state index contributed by atoms with van der Waals surface area (Å²) in [5.41, 5.74) is 2.88. The molecule has 2 aromatic rings. The van der Waals surface area contributed by atoms with Crippen LogP contribution < -0.4 is 4.57 Å². The van der Waals surface area contributed by atoms with Gasteiger partial charge in [-0.15, -0.1) is 0 Å². The minimum absolute atomic E-state index is 0.829. The highest BCUT2D eigenvalue weighted by Crippen LogP contribution is 2.16. The summed E-state index contributed by atoms with van der Waals surface area (Å²) >= 11 is 0. The molecule has 0 saturated carbocycles. The van der Waals surface area contributed by atoms with Gasteiger partial charge in [0.1, 0.15) is 18.9 Å². The highest BCUT2D eigenvalue weighted by molar-refractivity contribution is 6.76. The maximum atomic E-state index is 2.48. The Morgan fingerprint density at radius 1 is 0.724 bits per heavy atom. The molecular formula is C25H45N2Si2+. The van der Waals surface area contributed by atoms with Crippen LogP contribution in [-0.4, -0.2) is 20.7 Å². The normalized spacial score (nSPS) is 12.5. The van der Waals surface area contributed by atoms with Gasteiger partial charge in [0.15, 0.2) is 0 Å². The van der Waals surface area contributed by atoms with Crippen LogP contribution in [0.15, 0.2) is 43.0 Å². The Labute approximate surface area is 182 Å². The van der Waals surface area contributed by atoms with Crippen molar-refractivity contribution in [2.24, 2.45) is 0 Å². The first-order chi connectivity index (χ1) is 13.6. The monoisotopic (exact) mass is 429 g/mol. The zero-order valence-electron chi connectivity index (χ0n) is 20.0. The molecule has 0 unspecified atom stereocenters. The Bertz CT molecular complexity index is 706. The molecular weight excluding hydrogens is 384 g/mol. The largest absolute Gasteiger partial charge is 0.244 e. The fraction of sp³-hybridized carbons (Fsp3) is 0.640. The van der Waals surface area contributed by atoms with E-state index >= 15 is 0 Å². The first kappa shape index (κ1) is 24.1. The fourth-order valence-corrected chi connectivity index (χ4v) is 6.04. The summed E-state index contributed by atoms with van der Waals surface area (Å²) in [5, 5.41) is 0. The number of benzene rings is 1. The number of imidazole rings is 1. The van der Waals surface area contributed by atoms with Crippen LogP contribution in [0.4, 0.5) is 0 Å². The Morgan fingerprint density at radius 2 is 1.31 bits per heavy atom. The summed E-state index contributed by atoms with van der Waals surface area (Å²) in [6, 6.07) is 12.1. The van der Waals surface area contributed by atoms with Gasteiger partial charge < -0.3 is 0 Å². The summed E-state index contributed by atoms with van der Waals surface area (Å²) in [6.45, 7) is 16.9. The zero-order valence-corrected chi connectivity index (χ0v) is 22.0. The molecule has 4 heteroatoms. The number of rotatable bonds is 13. The maximum Gasteiger partial charge on any atom is 0.244 e. The molecule has 1 aromatic carbocycles. The van der Waals surface area contributed by atoms with Crippen molar-refractivity contribution in [3.05, 3.63) is 54.1 Å². The lowest BCUT2D eigenvalue weighted by Crippen LogP contribution is -2.31. The first-order valence-corrected chi connectivity index (χ1v) is 19.1. The Morgan fingerprint density at radius 3 is 1.97 bits per heavy atom. The smallest absolute Gasteiger partial charge is 0.237 e. The minimum atomic E-state index is -0.946. The van der Waals surface area contributed by atoms with Crippen LogP contribution >= 0.6 is 0 Å². The van der Waals surface area contributed by atoms with E-state index in [2.05, 4.69) is 91.4 Å². The van der Waals surface area contributed by atoms with Crippen LogP contribution in [0.5, 0.6) is 0 Å². The van der Waals surface area contributed by atoms with Crippen molar-refractivity contribution in [1.29, 1.82) is 0 Å². The van der Waals surface area contributed by atoms with E-state index in [9.17, 15) is 0 Å². The molecule has 0 aliphatic rings. The number of hydrogen-bond acceptors (Lipinski definition) is 0. The van der Waals surface area contributed by atoms with Crippen molar-refractivity contribution in [1.82, 2.24) is 4.57 Å². The topological polar surface area (TPSA) is 8.81 Å². The first-order valence-electron chi connectivity index (χ1n) is 11.7. The van der Waals surface area contributed by atoms with Crippen molar-refractivity contribution >= 4 is 16.1 Å². The molecule has 0 N–H and O–H groups in total. The van der Waals surface area contributed by atoms with E-state index in [1.54, 1.807) is 0 Å². The summed E-state index contributed by atoms with van der Waals surface area (Å²) in [6.07, 6.45) is 14.9. The summed E-state index contributed by atoms with van der Waals surface area (Å²) in [7, 11) is -1.77. The standard InChI is InChI=1S/C25H45N2Si2/c1-28(2,3)20-11-9-7-8-10-17-26-18-19-27(23-26)22-25-14-12-24(13-15-25)16-21-29(4,5)6/h12-15,18-19,23H,7-11,16-17,20-22H2,1-6H3/q+1. The van der Waals surface area contributed by atoms with Gasteiger partial charge in [-0.1, -0.05) is 94.9 Å². The van der Waals surface area contributed by atoms with Crippen LogP contribution in [0.3, 0.4) is 0 Å². The van der Waals surface area contributed by atoms with Crippen LogP contribution in [0.25, 0.3) is 0 Å². The second-order valence-corrected chi connectivity index (χ2v) is 22.5. The number of nitrogens with zero attached hydrogens (tertiary/aromatic N) is 2. The van der Waals surface area contributed by atoms with Gasteiger partial charge in [0.05, 0.1) is 6.54 Å². The number of aromatic nitrogens is 2. The molecule has 2 nitrogen and oxygen atoms in total. The van der Waals surface area contributed by atoms with Crippen molar-refractivity contribution < 1.29 is 4.57 Å². The molecule has 162 valence electrons. The van der Waals surface area contributed by atoms with Crippen molar-refractivity contribution in [3.63, 3.8) is 0 Å². The molecule has 0 spiro atoms. The maximum absolute atomic E-state index is 2.48. The van der Waals surface area contributed by atoms with Crippen LogP contribution in [-0.2, 0) is 19.5 Å². The summed E-state index contributed by atoms with van der Waals surface area (Å²) in [5.74, 6) is 0. The third-order valence-electron chi connectivity index (χ3n) is 5.64. The molecule has 1 heterocycles. The van der Waals surface area contributed by atoms with E-state index in [1.165, 1.54) is 61.7 Å². The van der Waals surface area contributed by atoms with Crippen molar-refractivity contribution in [2.75, 3.05) is 0 Å². The van der Waals surface area contributed by atoms with Crippen molar-refractivity contribution in [2.45, 2.75) is 103 Å². The third kappa shape index (κ3) is 11.0.